The van der Waals surface area contributed by atoms with Crippen molar-refractivity contribution in [3.05, 3.63) is 70.6 Å². The van der Waals surface area contributed by atoms with Gasteiger partial charge in [-0.2, -0.15) is 0 Å². The quantitative estimate of drug-likeness (QED) is 0.716. The van der Waals surface area contributed by atoms with E-state index in [0.717, 1.165) is 12.0 Å². The molecule has 0 spiro atoms. The fourth-order valence-electron chi connectivity index (χ4n) is 2.86. The van der Waals surface area contributed by atoms with Crippen molar-refractivity contribution in [1.29, 1.82) is 0 Å². The Hall–Kier alpha value is -2.66. The molecule has 0 fully saturated rings. The highest BCUT2D eigenvalue weighted by Crippen LogP contribution is 2.27. The predicted molar refractivity (Wildman–Crippen MR) is 89.6 cm³/mol. The largest absolute Gasteiger partial charge is 0.412 e. The van der Waals surface area contributed by atoms with Crippen LogP contribution in [0.5, 0.6) is 0 Å². The summed E-state index contributed by atoms with van der Waals surface area (Å²) in [4.78, 5) is 14.4. The molecule has 1 aromatic heterocycles. The molecule has 0 bridgehead atoms. The second-order valence-corrected chi connectivity index (χ2v) is 6.04. The van der Waals surface area contributed by atoms with E-state index in [4.69, 9.17) is 16.0 Å². The number of nitrogens with zero attached hydrogens (tertiary/aromatic N) is 3. The number of halogens is 1. The zero-order valence-corrected chi connectivity index (χ0v) is 13.5. The van der Waals surface area contributed by atoms with Gasteiger partial charge in [0, 0.05) is 13.1 Å². The summed E-state index contributed by atoms with van der Waals surface area (Å²) in [6, 6.07) is 15.3. The molecule has 0 N–H and O–H groups in total. The lowest BCUT2D eigenvalue weighted by Gasteiger charge is -2.27. The van der Waals surface area contributed by atoms with E-state index < -0.39 is 0 Å². The topological polar surface area (TPSA) is 59.2 Å². The van der Waals surface area contributed by atoms with Gasteiger partial charge in [-0.25, -0.2) is 0 Å². The first-order chi connectivity index (χ1) is 11.7. The second-order valence-electron chi connectivity index (χ2n) is 5.64. The number of hydrogen-bond donors (Lipinski definition) is 0. The second kappa shape index (κ2) is 6.09. The van der Waals surface area contributed by atoms with Crippen molar-refractivity contribution in [3.8, 4) is 11.5 Å². The Morgan fingerprint density at radius 1 is 1.04 bits per heavy atom. The van der Waals surface area contributed by atoms with Crippen molar-refractivity contribution in [1.82, 2.24) is 15.1 Å². The zero-order valence-electron chi connectivity index (χ0n) is 12.8. The Morgan fingerprint density at radius 2 is 1.79 bits per heavy atom. The number of carbonyl (C=O) groups excluding carboxylic acids is 1. The molecular weight excluding hydrogens is 326 g/mol. The molecule has 6 heteroatoms. The monoisotopic (exact) mass is 339 g/mol. The molecule has 0 aliphatic carbocycles. The fourth-order valence-corrected chi connectivity index (χ4v) is 3.07. The Morgan fingerprint density at radius 3 is 2.62 bits per heavy atom. The number of fused-ring (bicyclic) bond motifs is 1. The van der Waals surface area contributed by atoms with E-state index in [1.807, 2.05) is 30.3 Å². The van der Waals surface area contributed by atoms with Gasteiger partial charge in [-0.3, -0.25) is 4.79 Å². The van der Waals surface area contributed by atoms with Gasteiger partial charge in [-0.05, 0) is 29.7 Å². The molecule has 1 aliphatic rings. The van der Waals surface area contributed by atoms with Crippen LogP contribution in [0.4, 0.5) is 0 Å². The summed E-state index contributed by atoms with van der Waals surface area (Å²) in [5.41, 5.74) is 3.06. The highest BCUT2D eigenvalue weighted by Gasteiger charge is 2.26. The first-order valence-corrected chi connectivity index (χ1v) is 8.04. The molecule has 120 valence electrons. The molecule has 2 heterocycles. The molecule has 5 nitrogen and oxygen atoms in total. The van der Waals surface area contributed by atoms with Crippen molar-refractivity contribution < 1.29 is 9.21 Å². The van der Waals surface area contributed by atoms with Crippen molar-refractivity contribution in [2.24, 2.45) is 0 Å². The van der Waals surface area contributed by atoms with E-state index in [1.165, 1.54) is 5.56 Å². The van der Waals surface area contributed by atoms with Crippen molar-refractivity contribution in [2.45, 2.75) is 13.0 Å². The van der Waals surface area contributed by atoms with E-state index in [2.05, 4.69) is 16.3 Å². The predicted octanol–water partition coefficient (Wildman–Crippen LogP) is 3.59. The molecule has 0 saturated carbocycles. The first kappa shape index (κ1) is 14.9. The number of benzene rings is 2. The maximum Gasteiger partial charge on any atom is 0.311 e. The Kier molecular flexibility index (Phi) is 3.78. The van der Waals surface area contributed by atoms with Crippen LogP contribution in [0.2, 0.25) is 5.02 Å². The third kappa shape index (κ3) is 2.67. The normalized spacial score (nSPS) is 13.6. The number of rotatable bonds is 2. The van der Waals surface area contributed by atoms with Crippen LogP contribution in [0.25, 0.3) is 11.5 Å². The number of amides is 1. The van der Waals surface area contributed by atoms with Crippen molar-refractivity contribution in [3.63, 3.8) is 0 Å². The van der Waals surface area contributed by atoms with Crippen molar-refractivity contribution >= 4 is 17.5 Å². The summed E-state index contributed by atoms with van der Waals surface area (Å²) >= 11 is 6.13. The third-order valence-corrected chi connectivity index (χ3v) is 4.46. The van der Waals surface area contributed by atoms with Gasteiger partial charge >= 0.3 is 11.8 Å². The highest BCUT2D eigenvalue weighted by atomic mass is 35.5. The molecule has 24 heavy (non-hydrogen) atoms. The number of hydrogen-bond acceptors (Lipinski definition) is 4. The minimum atomic E-state index is -0.254. The van der Waals surface area contributed by atoms with Gasteiger partial charge in [-0.1, -0.05) is 48.0 Å². The van der Waals surface area contributed by atoms with Crippen LogP contribution in [0.1, 0.15) is 21.8 Å². The zero-order chi connectivity index (χ0) is 16.5. The SMILES string of the molecule is O=C(c1nnc(-c2ccccc2Cl)o1)N1CCc2ccccc2C1. The van der Waals surface area contributed by atoms with E-state index in [0.29, 0.717) is 23.7 Å². The minimum absolute atomic E-state index is 0.00991. The lowest BCUT2D eigenvalue weighted by molar-refractivity contribution is 0.0695. The molecule has 3 aromatic rings. The molecule has 4 rings (SSSR count). The summed E-state index contributed by atoms with van der Waals surface area (Å²) in [6.45, 7) is 1.19. The molecular formula is C18H14ClN3O2. The third-order valence-electron chi connectivity index (χ3n) is 4.13. The lowest BCUT2D eigenvalue weighted by Crippen LogP contribution is -2.36. The maximum atomic E-state index is 12.6. The lowest BCUT2D eigenvalue weighted by atomic mass is 10.00. The number of carbonyl (C=O) groups is 1. The molecule has 0 atom stereocenters. The van der Waals surface area contributed by atoms with Crippen LogP contribution in [-0.4, -0.2) is 27.5 Å². The van der Waals surface area contributed by atoms with Crippen LogP contribution >= 0.6 is 11.6 Å². The van der Waals surface area contributed by atoms with Gasteiger partial charge in [0.15, 0.2) is 0 Å². The van der Waals surface area contributed by atoms with E-state index in [-0.39, 0.29) is 17.7 Å². The van der Waals surface area contributed by atoms with E-state index in [1.54, 1.807) is 17.0 Å². The molecule has 0 radical (unpaired) electrons. The smallest absolute Gasteiger partial charge is 0.311 e. The minimum Gasteiger partial charge on any atom is -0.412 e. The Bertz CT molecular complexity index is 907. The Balaban J connectivity index is 1.57. The van der Waals surface area contributed by atoms with Gasteiger partial charge in [0.2, 0.25) is 5.89 Å². The molecule has 1 amide bonds. The average Bonchev–Trinajstić information content (AvgIpc) is 3.11. The molecule has 2 aromatic carbocycles. The average molecular weight is 340 g/mol. The molecule has 1 aliphatic heterocycles. The molecule has 0 saturated heterocycles. The summed E-state index contributed by atoms with van der Waals surface area (Å²) in [5, 5.41) is 8.36. The summed E-state index contributed by atoms with van der Waals surface area (Å²) in [6.07, 6.45) is 0.827. The van der Waals surface area contributed by atoms with Gasteiger partial charge in [0.05, 0.1) is 10.6 Å². The van der Waals surface area contributed by atoms with Crippen molar-refractivity contribution in [2.75, 3.05) is 6.54 Å². The van der Waals surface area contributed by atoms with E-state index in [9.17, 15) is 4.79 Å². The Labute approximate surface area is 143 Å². The summed E-state index contributed by atoms with van der Waals surface area (Å²) in [5.74, 6) is -0.0130. The van der Waals surface area contributed by atoms with Crippen LogP contribution < -0.4 is 0 Å². The standard InChI is InChI=1S/C18H14ClN3O2/c19-15-8-4-3-7-14(15)16-20-21-17(24-16)18(23)22-10-9-12-5-1-2-6-13(12)11-22/h1-8H,9-11H2. The van der Waals surface area contributed by atoms with Crippen LogP contribution in [0, 0.1) is 0 Å². The van der Waals surface area contributed by atoms with Crippen LogP contribution in [-0.2, 0) is 13.0 Å². The maximum absolute atomic E-state index is 12.6. The van der Waals surface area contributed by atoms with Crippen LogP contribution in [0.15, 0.2) is 52.9 Å². The highest BCUT2D eigenvalue weighted by molar-refractivity contribution is 6.33. The summed E-state index contributed by atoms with van der Waals surface area (Å²) in [7, 11) is 0. The van der Waals surface area contributed by atoms with Gasteiger partial charge in [-0.15, -0.1) is 10.2 Å². The van der Waals surface area contributed by atoms with Gasteiger partial charge < -0.3 is 9.32 Å². The number of aromatic nitrogens is 2. The van der Waals surface area contributed by atoms with E-state index >= 15 is 0 Å². The fraction of sp³-hybridized carbons (Fsp3) is 0.167. The van der Waals surface area contributed by atoms with Gasteiger partial charge in [0.1, 0.15) is 0 Å². The molecule has 0 unspecified atom stereocenters. The summed E-state index contributed by atoms with van der Waals surface area (Å²) < 4.78 is 5.56. The van der Waals surface area contributed by atoms with Crippen LogP contribution in [0.3, 0.4) is 0 Å². The first-order valence-electron chi connectivity index (χ1n) is 7.67. The van der Waals surface area contributed by atoms with Gasteiger partial charge in [0.25, 0.3) is 0 Å².